The molecule has 130 valence electrons. The second-order valence-electron chi connectivity index (χ2n) is 6.84. The standard InChI is InChI=1S/C20H32O2S/c1-3-4-5-6-9-18-10-7-8-11-19(22-18)16-23(21)20-14-12-17(2)13-15-20/h12-15,18-19H,3-11,16H2,1-2H3/t18-,19-,23?/m0/s1. The van der Waals surface area contributed by atoms with Crippen LogP contribution in [0.3, 0.4) is 0 Å². The first-order valence-corrected chi connectivity index (χ1v) is 10.6. The van der Waals surface area contributed by atoms with Gasteiger partial charge in [0.1, 0.15) is 0 Å². The SMILES string of the molecule is CCCCCC[C@H]1CCCC[C@@H](CS(=O)c2ccc(C)cc2)O1. The third-order valence-corrected chi connectivity index (χ3v) is 6.16. The number of hydrogen-bond acceptors (Lipinski definition) is 2. The van der Waals surface area contributed by atoms with Gasteiger partial charge in [-0.1, -0.05) is 63.1 Å². The Hall–Kier alpha value is -0.670. The van der Waals surface area contributed by atoms with Crippen molar-refractivity contribution in [2.24, 2.45) is 0 Å². The minimum atomic E-state index is -0.946. The summed E-state index contributed by atoms with van der Waals surface area (Å²) in [5.41, 5.74) is 1.21. The monoisotopic (exact) mass is 336 g/mol. The maximum Gasteiger partial charge on any atom is 0.0697 e. The van der Waals surface area contributed by atoms with Crippen molar-refractivity contribution >= 4 is 10.8 Å². The van der Waals surface area contributed by atoms with E-state index in [-0.39, 0.29) is 6.10 Å². The average molecular weight is 337 g/mol. The van der Waals surface area contributed by atoms with E-state index in [0.29, 0.717) is 11.9 Å². The minimum Gasteiger partial charge on any atom is -0.374 e. The predicted molar refractivity (Wildman–Crippen MR) is 98.3 cm³/mol. The van der Waals surface area contributed by atoms with Crippen molar-refractivity contribution in [2.45, 2.75) is 88.7 Å². The molecule has 0 spiro atoms. The highest BCUT2D eigenvalue weighted by Gasteiger charge is 2.22. The van der Waals surface area contributed by atoms with Crippen LogP contribution in [0.5, 0.6) is 0 Å². The van der Waals surface area contributed by atoms with E-state index >= 15 is 0 Å². The molecule has 0 amide bonds. The summed E-state index contributed by atoms with van der Waals surface area (Å²) in [6.45, 7) is 4.31. The highest BCUT2D eigenvalue weighted by atomic mass is 32.2. The van der Waals surface area contributed by atoms with Gasteiger partial charge >= 0.3 is 0 Å². The highest BCUT2D eigenvalue weighted by Crippen LogP contribution is 2.24. The Bertz CT molecular complexity index is 469. The summed E-state index contributed by atoms with van der Waals surface area (Å²) in [5.74, 6) is 0.647. The molecule has 0 bridgehead atoms. The van der Waals surface area contributed by atoms with Crippen molar-refractivity contribution in [3.8, 4) is 0 Å². The van der Waals surface area contributed by atoms with E-state index in [4.69, 9.17) is 4.74 Å². The van der Waals surface area contributed by atoms with Crippen molar-refractivity contribution in [3.05, 3.63) is 29.8 Å². The fourth-order valence-corrected chi connectivity index (χ4v) is 4.46. The lowest BCUT2D eigenvalue weighted by Crippen LogP contribution is -2.25. The maximum atomic E-state index is 12.6. The van der Waals surface area contributed by atoms with E-state index in [0.717, 1.165) is 11.3 Å². The number of rotatable bonds is 8. The molecular weight excluding hydrogens is 304 g/mol. The van der Waals surface area contributed by atoms with Crippen LogP contribution in [0.1, 0.15) is 70.3 Å². The summed E-state index contributed by atoms with van der Waals surface area (Å²) >= 11 is 0. The first-order chi connectivity index (χ1) is 11.2. The predicted octanol–water partition coefficient (Wildman–Crippen LogP) is 5.40. The van der Waals surface area contributed by atoms with Crippen LogP contribution in [0.2, 0.25) is 0 Å². The maximum absolute atomic E-state index is 12.6. The van der Waals surface area contributed by atoms with Crippen LogP contribution in [0, 0.1) is 6.92 Å². The molecule has 0 aliphatic carbocycles. The van der Waals surface area contributed by atoms with Crippen LogP contribution < -0.4 is 0 Å². The molecule has 1 heterocycles. The molecule has 0 aromatic heterocycles. The molecule has 1 fully saturated rings. The molecule has 1 unspecified atom stereocenters. The number of hydrogen-bond donors (Lipinski definition) is 0. The second kappa shape index (κ2) is 10.2. The fraction of sp³-hybridized carbons (Fsp3) is 0.700. The van der Waals surface area contributed by atoms with Gasteiger partial charge in [0, 0.05) is 4.90 Å². The van der Waals surface area contributed by atoms with Crippen molar-refractivity contribution in [2.75, 3.05) is 5.75 Å². The Kier molecular flexibility index (Phi) is 8.32. The number of benzene rings is 1. The van der Waals surface area contributed by atoms with Crippen LogP contribution in [-0.4, -0.2) is 22.2 Å². The first-order valence-electron chi connectivity index (χ1n) is 9.29. The lowest BCUT2D eigenvalue weighted by Gasteiger charge is -2.21. The lowest BCUT2D eigenvalue weighted by atomic mass is 10.0. The summed E-state index contributed by atoms with van der Waals surface area (Å²) in [6.07, 6.45) is 11.6. The smallest absolute Gasteiger partial charge is 0.0697 e. The van der Waals surface area contributed by atoms with E-state index in [1.54, 1.807) is 0 Å². The molecule has 1 aromatic rings. The zero-order chi connectivity index (χ0) is 16.5. The van der Waals surface area contributed by atoms with Gasteiger partial charge in [-0.25, -0.2) is 0 Å². The van der Waals surface area contributed by atoms with Gasteiger partial charge in [-0.15, -0.1) is 0 Å². The molecule has 1 aliphatic heterocycles. The van der Waals surface area contributed by atoms with Crippen LogP contribution in [0.4, 0.5) is 0 Å². The van der Waals surface area contributed by atoms with Gasteiger partial charge in [0.25, 0.3) is 0 Å². The van der Waals surface area contributed by atoms with Crippen LogP contribution >= 0.6 is 0 Å². The molecule has 3 heteroatoms. The van der Waals surface area contributed by atoms with Crippen LogP contribution in [0.25, 0.3) is 0 Å². The molecular formula is C20H32O2S. The first kappa shape index (κ1) is 18.7. The molecule has 0 N–H and O–H groups in total. The molecule has 0 radical (unpaired) electrons. The van der Waals surface area contributed by atoms with E-state index in [9.17, 15) is 4.21 Å². The topological polar surface area (TPSA) is 26.3 Å². The number of aryl methyl sites for hydroxylation is 1. The Morgan fingerprint density at radius 2 is 1.74 bits per heavy atom. The van der Waals surface area contributed by atoms with Gasteiger partial charge < -0.3 is 4.74 Å². The largest absolute Gasteiger partial charge is 0.374 e. The quantitative estimate of drug-likeness (QED) is 0.594. The molecule has 1 aromatic carbocycles. The minimum absolute atomic E-state index is 0.163. The van der Waals surface area contributed by atoms with Gasteiger partial charge in [0.05, 0.1) is 28.8 Å². The molecule has 23 heavy (non-hydrogen) atoms. The van der Waals surface area contributed by atoms with E-state index in [2.05, 4.69) is 13.8 Å². The van der Waals surface area contributed by atoms with Gasteiger partial charge in [0.2, 0.25) is 0 Å². The van der Waals surface area contributed by atoms with E-state index in [1.165, 1.54) is 56.9 Å². The van der Waals surface area contributed by atoms with Crippen LogP contribution in [-0.2, 0) is 15.5 Å². The Morgan fingerprint density at radius 1 is 1.04 bits per heavy atom. The van der Waals surface area contributed by atoms with Gasteiger partial charge in [-0.3, -0.25) is 4.21 Å². The van der Waals surface area contributed by atoms with Crippen molar-refractivity contribution in [1.82, 2.24) is 0 Å². The highest BCUT2D eigenvalue weighted by molar-refractivity contribution is 7.85. The molecule has 2 nitrogen and oxygen atoms in total. The van der Waals surface area contributed by atoms with Crippen molar-refractivity contribution < 1.29 is 8.95 Å². The van der Waals surface area contributed by atoms with Gasteiger partial charge in [-0.2, -0.15) is 0 Å². The van der Waals surface area contributed by atoms with Gasteiger partial charge in [0.15, 0.2) is 0 Å². The Balaban J connectivity index is 1.83. The molecule has 0 saturated carbocycles. The summed E-state index contributed by atoms with van der Waals surface area (Å²) < 4.78 is 18.9. The Labute approximate surface area is 144 Å². The van der Waals surface area contributed by atoms with E-state index in [1.807, 2.05) is 24.3 Å². The molecule has 1 saturated heterocycles. The van der Waals surface area contributed by atoms with Crippen molar-refractivity contribution in [3.63, 3.8) is 0 Å². The number of ether oxygens (including phenoxy) is 1. The van der Waals surface area contributed by atoms with Gasteiger partial charge in [-0.05, 0) is 38.3 Å². The van der Waals surface area contributed by atoms with Crippen molar-refractivity contribution in [1.29, 1.82) is 0 Å². The molecule has 1 aliphatic rings. The lowest BCUT2D eigenvalue weighted by molar-refractivity contribution is -0.00126. The summed E-state index contributed by atoms with van der Waals surface area (Å²) in [4.78, 5) is 0.933. The fourth-order valence-electron chi connectivity index (χ4n) is 3.24. The summed E-state index contributed by atoms with van der Waals surface area (Å²) in [5, 5.41) is 0. The van der Waals surface area contributed by atoms with E-state index < -0.39 is 10.8 Å². The zero-order valence-electron chi connectivity index (χ0n) is 14.8. The average Bonchev–Trinajstić information content (AvgIpc) is 2.77. The van der Waals surface area contributed by atoms with Crippen LogP contribution in [0.15, 0.2) is 29.2 Å². The third-order valence-electron chi connectivity index (χ3n) is 4.69. The second-order valence-corrected chi connectivity index (χ2v) is 8.33. The zero-order valence-corrected chi connectivity index (χ0v) is 15.6. The normalized spacial score (nSPS) is 23.4. The molecule has 3 atom stereocenters. The third kappa shape index (κ3) is 6.76. The summed E-state index contributed by atoms with van der Waals surface area (Å²) in [6, 6.07) is 8.06. The Morgan fingerprint density at radius 3 is 2.43 bits per heavy atom. The molecule has 2 rings (SSSR count). The number of unbranched alkanes of at least 4 members (excludes halogenated alkanes) is 3. The summed E-state index contributed by atoms with van der Waals surface area (Å²) in [7, 11) is -0.946.